The molecule has 1 aromatic heterocycles. The number of benzene rings is 1. The quantitative estimate of drug-likeness (QED) is 0.791. The van der Waals surface area contributed by atoms with Crippen LogP contribution in [0, 0.1) is 17.2 Å². The number of nitrogens with zero attached hydrogens (tertiary/aromatic N) is 2. The molecule has 0 bridgehead atoms. The van der Waals surface area contributed by atoms with Crippen LogP contribution < -0.4 is 4.74 Å². The van der Waals surface area contributed by atoms with Gasteiger partial charge >= 0.3 is 0 Å². The summed E-state index contributed by atoms with van der Waals surface area (Å²) in [5.41, 5.74) is 2.26. The van der Waals surface area contributed by atoms with Crippen LogP contribution in [0.4, 0.5) is 0 Å². The van der Waals surface area contributed by atoms with E-state index >= 15 is 0 Å². The highest BCUT2D eigenvalue weighted by atomic mass is 16.5. The van der Waals surface area contributed by atoms with Crippen molar-refractivity contribution in [1.82, 2.24) is 4.57 Å². The fourth-order valence-corrected chi connectivity index (χ4v) is 2.16. The number of carbonyl (C=O) groups is 1. The molecule has 0 N–H and O–H groups in total. The first-order chi connectivity index (χ1) is 10.0. The Bertz CT molecular complexity index is 693. The lowest BCUT2D eigenvalue weighted by Gasteiger charge is -2.07. The third-order valence-corrected chi connectivity index (χ3v) is 3.31. The van der Waals surface area contributed by atoms with Crippen molar-refractivity contribution in [3.8, 4) is 11.8 Å². The molecular formula is C17H18N2O2. The van der Waals surface area contributed by atoms with Gasteiger partial charge < -0.3 is 9.30 Å². The molecule has 0 saturated carbocycles. The molecule has 2 aromatic rings. The molecule has 0 aliphatic carbocycles. The summed E-state index contributed by atoms with van der Waals surface area (Å²) >= 11 is 0. The third kappa shape index (κ3) is 3.32. The van der Waals surface area contributed by atoms with Gasteiger partial charge in [-0.3, -0.25) is 4.79 Å². The number of carbonyl (C=O) groups excluding carboxylic acids is 1. The molecule has 0 amide bonds. The van der Waals surface area contributed by atoms with E-state index in [9.17, 15) is 4.79 Å². The SMILES string of the molecule is COc1cc(Cn2ccc(C(=O)C(C)C)c2)ccc1C#N. The van der Waals surface area contributed by atoms with Crippen LogP contribution in [0.15, 0.2) is 36.7 Å². The van der Waals surface area contributed by atoms with Gasteiger partial charge in [-0.1, -0.05) is 19.9 Å². The van der Waals surface area contributed by atoms with Crippen LogP contribution in [0.1, 0.15) is 35.3 Å². The second-order valence-corrected chi connectivity index (χ2v) is 5.24. The van der Waals surface area contributed by atoms with Crippen molar-refractivity contribution < 1.29 is 9.53 Å². The zero-order valence-electron chi connectivity index (χ0n) is 12.5. The van der Waals surface area contributed by atoms with Gasteiger partial charge in [0.25, 0.3) is 0 Å². The van der Waals surface area contributed by atoms with E-state index in [4.69, 9.17) is 10.00 Å². The van der Waals surface area contributed by atoms with Gasteiger partial charge in [0.05, 0.1) is 12.7 Å². The van der Waals surface area contributed by atoms with Crippen LogP contribution in [0.2, 0.25) is 0 Å². The number of hydrogen-bond donors (Lipinski definition) is 0. The smallest absolute Gasteiger partial charge is 0.166 e. The maximum Gasteiger partial charge on any atom is 0.166 e. The highest BCUT2D eigenvalue weighted by molar-refractivity contribution is 5.97. The summed E-state index contributed by atoms with van der Waals surface area (Å²) in [6.07, 6.45) is 3.74. The highest BCUT2D eigenvalue weighted by Crippen LogP contribution is 2.20. The Morgan fingerprint density at radius 3 is 2.76 bits per heavy atom. The zero-order chi connectivity index (χ0) is 15.4. The molecule has 0 saturated heterocycles. The molecule has 4 heteroatoms. The Kier molecular flexibility index (Phi) is 4.44. The van der Waals surface area contributed by atoms with E-state index in [0.717, 1.165) is 11.1 Å². The van der Waals surface area contributed by atoms with E-state index in [2.05, 4.69) is 6.07 Å². The van der Waals surface area contributed by atoms with E-state index in [1.165, 1.54) is 0 Å². The first-order valence-corrected chi connectivity index (χ1v) is 6.82. The van der Waals surface area contributed by atoms with Gasteiger partial charge in [-0.25, -0.2) is 0 Å². The van der Waals surface area contributed by atoms with E-state index in [1.54, 1.807) is 13.2 Å². The molecule has 0 aliphatic heterocycles. The Balaban J connectivity index is 2.19. The molecule has 108 valence electrons. The maximum absolute atomic E-state index is 11.9. The first-order valence-electron chi connectivity index (χ1n) is 6.82. The van der Waals surface area contributed by atoms with E-state index in [-0.39, 0.29) is 11.7 Å². The number of hydrogen-bond acceptors (Lipinski definition) is 3. The van der Waals surface area contributed by atoms with Crippen LogP contribution in [-0.4, -0.2) is 17.5 Å². The van der Waals surface area contributed by atoms with Crippen molar-refractivity contribution in [2.45, 2.75) is 20.4 Å². The predicted molar refractivity (Wildman–Crippen MR) is 80.4 cm³/mol. The second-order valence-electron chi connectivity index (χ2n) is 5.24. The number of Topliss-reactive ketones (excluding diaryl/α,β-unsaturated/α-hetero) is 1. The van der Waals surface area contributed by atoms with Gasteiger partial charge in [-0.2, -0.15) is 5.26 Å². The number of aromatic nitrogens is 1. The fourth-order valence-electron chi connectivity index (χ4n) is 2.16. The summed E-state index contributed by atoms with van der Waals surface area (Å²) in [5.74, 6) is 0.711. The topological polar surface area (TPSA) is 55.0 Å². The first kappa shape index (κ1) is 14.9. The van der Waals surface area contributed by atoms with Gasteiger partial charge in [0.2, 0.25) is 0 Å². The largest absolute Gasteiger partial charge is 0.495 e. The number of ketones is 1. The molecular weight excluding hydrogens is 264 g/mol. The summed E-state index contributed by atoms with van der Waals surface area (Å²) in [6.45, 7) is 4.42. The van der Waals surface area contributed by atoms with E-state index in [1.807, 2.05) is 49.0 Å². The van der Waals surface area contributed by atoms with Gasteiger partial charge in [0.15, 0.2) is 5.78 Å². The van der Waals surface area contributed by atoms with E-state index in [0.29, 0.717) is 17.9 Å². The molecule has 0 aliphatic rings. The average Bonchev–Trinajstić information content (AvgIpc) is 2.94. The average molecular weight is 282 g/mol. The number of methoxy groups -OCH3 is 1. The summed E-state index contributed by atoms with van der Waals surface area (Å²) in [6, 6.07) is 9.42. The molecule has 2 rings (SSSR count). The molecule has 0 atom stereocenters. The number of nitriles is 1. The normalized spacial score (nSPS) is 10.4. The minimum Gasteiger partial charge on any atom is -0.495 e. The van der Waals surface area contributed by atoms with Crippen LogP contribution in [0.3, 0.4) is 0 Å². The monoisotopic (exact) mass is 282 g/mol. The van der Waals surface area contributed by atoms with Crippen LogP contribution in [-0.2, 0) is 6.54 Å². The van der Waals surface area contributed by atoms with Crippen molar-refractivity contribution in [2.75, 3.05) is 7.11 Å². The van der Waals surface area contributed by atoms with Crippen LogP contribution >= 0.6 is 0 Å². The number of rotatable bonds is 5. The number of ether oxygens (including phenoxy) is 1. The summed E-state index contributed by atoms with van der Waals surface area (Å²) in [4.78, 5) is 11.9. The second kappa shape index (κ2) is 6.27. The molecule has 1 aromatic carbocycles. The maximum atomic E-state index is 11.9. The summed E-state index contributed by atoms with van der Waals surface area (Å²) < 4.78 is 7.16. The zero-order valence-corrected chi connectivity index (χ0v) is 12.5. The van der Waals surface area contributed by atoms with Crippen molar-refractivity contribution in [3.63, 3.8) is 0 Å². The van der Waals surface area contributed by atoms with Crippen LogP contribution in [0.25, 0.3) is 0 Å². The third-order valence-electron chi connectivity index (χ3n) is 3.31. The minimum atomic E-state index is -0.00384. The van der Waals surface area contributed by atoms with Crippen molar-refractivity contribution in [1.29, 1.82) is 5.26 Å². The highest BCUT2D eigenvalue weighted by Gasteiger charge is 2.12. The summed E-state index contributed by atoms with van der Waals surface area (Å²) in [7, 11) is 1.55. The fraction of sp³-hybridized carbons (Fsp3) is 0.294. The molecule has 21 heavy (non-hydrogen) atoms. The lowest BCUT2D eigenvalue weighted by molar-refractivity contribution is 0.0939. The molecule has 4 nitrogen and oxygen atoms in total. The van der Waals surface area contributed by atoms with Crippen molar-refractivity contribution in [3.05, 3.63) is 53.3 Å². The van der Waals surface area contributed by atoms with Gasteiger partial charge in [0, 0.05) is 30.4 Å². The van der Waals surface area contributed by atoms with Crippen LogP contribution in [0.5, 0.6) is 5.75 Å². The van der Waals surface area contributed by atoms with Gasteiger partial charge in [-0.15, -0.1) is 0 Å². The standard InChI is InChI=1S/C17H18N2O2/c1-12(2)17(20)15-6-7-19(11-15)10-13-4-5-14(9-18)16(8-13)21-3/h4-8,11-12H,10H2,1-3H3. The van der Waals surface area contributed by atoms with Gasteiger partial charge in [0.1, 0.15) is 11.8 Å². The molecule has 0 spiro atoms. The Morgan fingerprint density at radius 1 is 1.38 bits per heavy atom. The molecule has 1 heterocycles. The van der Waals surface area contributed by atoms with Gasteiger partial charge in [-0.05, 0) is 23.8 Å². The summed E-state index contributed by atoms with van der Waals surface area (Å²) in [5, 5.41) is 8.97. The Hall–Kier alpha value is -2.54. The predicted octanol–water partition coefficient (Wildman–Crippen LogP) is 3.26. The molecule has 0 radical (unpaired) electrons. The van der Waals surface area contributed by atoms with Crippen molar-refractivity contribution >= 4 is 5.78 Å². The minimum absolute atomic E-state index is 0.00384. The lowest BCUT2D eigenvalue weighted by atomic mass is 10.0. The Morgan fingerprint density at radius 2 is 2.14 bits per heavy atom. The molecule has 0 fully saturated rings. The molecule has 0 unspecified atom stereocenters. The van der Waals surface area contributed by atoms with Crippen molar-refractivity contribution in [2.24, 2.45) is 5.92 Å². The Labute approximate surface area is 124 Å². The lowest BCUT2D eigenvalue weighted by Crippen LogP contribution is -2.06. The van der Waals surface area contributed by atoms with E-state index < -0.39 is 0 Å².